The van der Waals surface area contributed by atoms with Gasteiger partial charge in [0.05, 0.1) is 17.1 Å². The van der Waals surface area contributed by atoms with Gasteiger partial charge in [-0.3, -0.25) is 9.59 Å². The zero-order valence-electron chi connectivity index (χ0n) is 14.4. The Kier molecular flexibility index (Phi) is 4.85. The van der Waals surface area contributed by atoms with Crippen LogP contribution in [0.1, 0.15) is 16.1 Å². The van der Waals surface area contributed by atoms with Gasteiger partial charge in [-0.2, -0.15) is 0 Å². The number of halogens is 1. The molecule has 3 aromatic rings. The molecule has 27 heavy (non-hydrogen) atoms. The second-order valence-electron chi connectivity index (χ2n) is 5.81. The number of fused-ring (bicyclic) bond motifs is 1. The van der Waals surface area contributed by atoms with E-state index >= 15 is 0 Å². The SMILES string of the molecule is C=CC(=O)Nc1cc(C(=O)Nc2cc3cccc(F)c3nc2C)ccc1O. The summed E-state index contributed by atoms with van der Waals surface area (Å²) in [5.74, 6) is -1.60. The van der Waals surface area contributed by atoms with Crippen molar-refractivity contribution in [1.29, 1.82) is 0 Å². The van der Waals surface area contributed by atoms with Crippen molar-refractivity contribution in [3.8, 4) is 5.75 Å². The predicted octanol–water partition coefficient (Wildman–Crippen LogP) is 3.76. The summed E-state index contributed by atoms with van der Waals surface area (Å²) >= 11 is 0. The summed E-state index contributed by atoms with van der Waals surface area (Å²) in [5.41, 5.74) is 1.42. The molecular weight excluding hydrogens is 349 g/mol. The molecule has 0 aliphatic rings. The first-order valence-corrected chi connectivity index (χ1v) is 8.02. The Morgan fingerprint density at radius 1 is 1.15 bits per heavy atom. The molecule has 136 valence electrons. The number of phenols is 1. The van der Waals surface area contributed by atoms with E-state index in [0.29, 0.717) is 16.8 Å². The maximum atomic E-state index is 13.8. The Morgan fingerprint density at radius 3 is 2.67 bits per heavy atom. The van der Waals surface area contributed by atoms with Gasteiger partial charge in [0.2, 0.25) is 5.91 Å². The van der Waals surface area contributed by atoms with Crippen molar-refractivity contribution in [3.63, 3.8) is 0 Å². The second kappa shape index (κ2) is 7.25. The lowest BCUT2D eigenvalue weighted by atomic mass is 10.1. The number of rotatable bonds is 4. The number of benzene rings is 2. The van der Waals surface area contributed by atoms with Crippen LogP contribution in [0.2, 0.25) is 0 Å². The van der Waals surface area contributed by atoms with Crippen molar-refractivity contribution in [1.82, 2.24) is 4.98 Å². The van der Waals surface area contributed by atoms with Crippen LogP contribution < -0.4 is 10.6 Å². The van der Waals surface area contributed by atoms with Crippen molar-refractivity contribution in [2.75, 3.05) is 10.6 Å². The number of hydrogen-bond donors (Lipinski definition) is 3. The molecule has 0 saturated heterocycles. The highest BCUT2D eigenvalue weighted by Crippen LogP contribution is 2.26. The van der Waals surface area contributed by atoms with E-state index in [2.05, 4.69) is 22.2 Å². The summed E-state index contributed by atoms with van der Waals surface area (Å²) in [6.45, 7) is 4.99. The fourth-order valence-electron chi connectivity index (χ4n) is 2.54. The molecule has 2 amide bonds. The summed E-state index contributed by atoms with van der Waals surface area (Å²) in [5, 5.41) is 15.5. The lowest BCUT2D eigenvalue weighted by molar-refractivity contribution is -0.111. The zero-order valence-corrected chi connectivity index (χ0v) is 14.4. The highest BCUT2D eigenvalue weighted by Gasteiger charge is 2.13. The number of nitrogens with zero attached hydrogens (tertiary/aromatic N) is 1. The molecule has 0 bridgehead atoms. The maximum absolute atomic E-state index is 13.8. The summed E-state index contributed by atoms with van der Waals surface area (Å²) in [6.07, 6.45) is 1.05. The lowest BCUT2D eigenvalue weighted by Crippen LogP contribution is -2.14. The van der Waals surface area contributed by atoms with E-state index < -0.39 is 17.6 Å². The molecule has 1 aromatic heterocycles. The van der Waals surface area contributed by atoms with Crippen LogP contribution in [0.25, 0.3) is 10.9 Å². The van der Waals surface area contributed by atoms with Crippen LogP contribution in [-0.2, 0) is 4.79 Å². The van der Waals surface area contributed by atoms with Crippen molar-refractivity contribution < 1.29 is 19.1 Å². The first-order chi connectivity index (χ1) is 12.9. The van der Waals surface area contributed by atoms with E-state index in [1.807, 2.05) is 0 Å². The lowest BCUT2D eigenvalue weighted by Gasteiger charge is -2.11. The largest absolute Gasteiger partial charge is 0.506 e. The van der Waals surface area contributed by atoms with Crippen LogP contribution in [-0.4, -0.2) is 21.9 Å². The highest BCUT2D eigenvalue weighted by molar-refractivity contribution is 6.07. The Labute approximate surface area is 154 Å². The van der Waals surface area contributed by atoms with E-state index in [-0.39, 0.29) is 22.5 Å². The number of phenolic OH excluding ortho intramolecular Hbond substituents is 1. The van der Waals surface area contributed by atoms with Gasteiger partial charge in [-0.25, -0.2) is 9.37 Å². The number of carbonyl (C=O) groups is 2. The fraction of sp³-hybridized carbons (Fsp3) is 0.0500. The summed E-state index contributed by atoms with van der Waals surface area (Å²) < 4.78 is 13.8. The van der Waals surface area contributed by atoms with E-state index in [4.69, 9.17) is 0 Å². The smallest absolute Gasteiger partial charge is 0.255 e. The third-order valence-electron chi connectivity index (χ3n) is 3.94. The molecule has 3 rings (SSSR count). The van der Waals surface area contributed by atoms with Crippen molar-refractivity contribution in [3.05, 3.63) is 72.2 Å². The molecule has 0 radical (unpaired) electrons. The fourth-order valence-corrected chi connectivity index (χ4v) is 2.54. The zero-order chi connectivity index (χ0) is 19.6. The quantitative estimate of drug-likeness (QED) is 0.485. The number of amides is 2. The monoisotopic (exact) mass is 365 g/mol. The third kappa shape index (κ3) is 3.77. The van der Waals surface area contributed by atoms with Crippen LogP contribution >= 0.6 is 0 Å². The molecule has 0 spiro atoms. The number of para-hydroxylation sites is 1. The third-order valence-corrected chi connectivity index (χ3v) is 3.94. The number of aromatic hydroxyl groups is 1. The van der Waals surface area contributed by atoms with Crippen LogP contribution in [0.3, 0.4) is 0 Å². The van der Waals surface area contributed by atoms with Crippen LogP contribution in [0.4, 0.5) is 15.8 Å². The number of aryl methyl sites for hydroxylation is 1. The normalized spacial score (nSPS) is 10.4. The molecule has 7 heteroatoms. The number of carbonyl (C=O) groups excluding carboxylic acids is 2. The molecule has 2 aromatic carbocycles. The number of anilines is 2. The van der Waals surface area contributed by atoms with Crippen molar-refractivity contribution >= 4 is 34.1 Å². The molecule has 1 heterocycles. The summed E-state index contributed by atoms with van der Waals surface area (Å²) in [6, 6.07) is 10.3. The molecule has 0 unspecified atom stereocenters. The standard InChI is InChI=1S/C20H16FN3O3/c1-3-18(26)23-16-10-13(7-8-17(16)25)20(27)24-15-9-12-5-4-6-14(21)19(12)22-11(15)2/h3-10,25H,1H2,2H3,(H,23,26)(H,24,27). The van der Waals surface area contributed by atoms with Crippen molar-refractivity contribution in [2.45, 2.75) is 6.92 Å². The van der Waals surface area contributed by atoms with Gasteiger partial charge in [-0.15, -0.1) is 0 Å². The first kappa shape index (κ1) is 18.1. The van der Waals surface area contributed by atoms with Gasteiger partial charge in [0, 0.05) is 10.9 Å². The van der Waals surface area contributed by atoms with E-state index in [9.17, 15) is 19.1 Å². The molecule has 0 fully saturated rings. The maximum Gasteiger partial charge on any atom is 0.255 e. The minimum absolute atomic E-state index is 0.0861. The molecular formula is C20H16FN3O3. The molecule has 0 atom stereocenters. The Balaban J connectivity index is 1.90. The van der Waals surface area contributed by atoms with Gasteiger partial charge in [0.25, 0.3) is 5.91 Å². The second-order valence-corrected chi connectivity index (χ2v) is 5.81. The number of nitrogens with one attached hydrogen (secondary N) is 2. The molecule has 0 aliphatic heterocycles. The van der Waals surface area contributed by atoms with E-state index in [1.165, 1.54) is 24.3 Å². The van der Waals surface area contributed by atoms with Gasteiger partial charge >= 0.3 is 0 Å². The Morgan fingerprint density at radius 2 is 1.93 bits per heavy atom. The van der Waals surface area contributed by atoms with Crippen LogP contribution in [0, 0.1) is 12.7 Å². The number of pyridine rings is 1. The molecule has 3 N–H and O–H groups in total. The average molecular weight is 365 g/mol. The molecule has 0 saturated carbocycles. The van der Waals surface area contributed by atoms with Gasteiger partial charge in [-0.1, -0.05) is 18.7 Å². The first-order valence-electron chi connectivity index (χ1n) is 8.02. The minimum Gasteiger partial charge on any atom is -0.506 e. The molecule has 6 nitrogen and oxygen atoms in total. The van der Waals surface area contributed by atoms with E-state index in [0.717, 1.165) is 6.08 Å². The van der Waals surface area contributed by atoms with E-state index in [1.54, 1.807) is 25.1 Å². The number of hydrogen-bond acceptors (Lipinski definition) is 4. The Hall–Kier alpha value is -3.74. The molecule has 0 aliphatic carbocycles. The van der Waals surface area contributed by atoms with Gasteiger partial charge in [-0.05, 0) is 43.3 Å². The van der Waals surface area contributed by atoms with Gasteiger partial charge in [0.1, 0.15) is 17.1 Å². The summed E-state index contributed by atoms with van der Waals surface area (Å²) in [7, 11) is 0. The number of aromatic nitrogens is 1. The summed E-state index contributed by atoms with van der Waals surface area (Å²) in [4.78, 5) is 28.2. The van der Waals surface area contributed by atoms with Gasteiger partial charge < -0.3 is 15.7 Å². The van der Waals surface area contributed by atoms with Gasteiger partial charge in [0.15, 0.2) is 0 Å². The predicted molar refractivity (Wildman–Crippen MR) is 101 cm³/mol. The minimum atomic E-state index is -0.514. The van der Waals surface area contributed by atoms with Crippen molar-refractivity contribution in [2.24, 2.45) is 0 Å². The van der Waals surface area contributed by atoms with Crippen LogP contribution in [0.5, 0.6) is 5.75 Å². The van der Waals surface area contributed by atoms with Crippen LogP contribution in [0.15, 0.2) is 55.1 Å². The average Bonchev–Trinajstić information content (AvgIpc) is 2.64. The Bertz CT molecular complexity index is 1080. The topological polar surface area (TPSA) is 91.3 Å². The highest BCUT2D eigenvalue weighted by atomic mass is 19.1.